The van der Waals surface area contributed by atoms with E-state index < -0.39 is 12.7 Å². The van der Waals surface area contributed by atoms with E-state index in [1.54, 1.807) is 6.07 Å². The summed E-state index contributed by atoms with van der Waals surface area (Å²) in [6, 6.07) is 1.86. The molecule has 1 saturated carbocycles. The van der Waals surface area contributed by atoms with E-state index in [0.29, 0.717) is 11.7 Å². The average Bonchev–Trinajstić information content (AvgIpc) is 2.89. The average molecular weight is 233 g/mol. The topological polar surface area (TPSA) is 29.9 Å². The fourth-order valence-electron chi connectivity index (χ4n) is 1.66. The van der Waals surface area contributed by atoms with Gasteiger partial charge in [0.15, 0.2) is 0 Å². The number of nitrogens with zero attached hydrogens (tertiary/aromatic N) is 2. The third-order valence-corrected chi connectivity index (χ3v) is 2.69. The number of anilines is 1. The van der Waals surface area contributed by atoms with Gasteiger partial charge in [-0.15, -0.1) is 0 Å². The summed E-state index contributed by atoms with van der Waals surface area (Å²) in [5, 5.41) is 6.94. The lowest BCUT2D eigenvalue weighted by Gasteiger charge is -2.11. The van der Waals surface area contributed by atoms with Crippen molar-refractivity contribution in [2.24, 2.45) is 5.92 Å². The summed E-state index contributed by atoms with van der Waals surface area (Å²) in [5.74, 6) is 1.16. The van der Waals surface area contributed by atoms with Gasteiger partial charge in [-0.1, -0.05) is 0 Å². The number of hydrogen-bond acceptors (Lipinski definition) is 2. The molecule has 1 atom stereocenters. The number of alkyl halides is 3. The summed E-state index contributed by atoms with van der Waals surface area (Å²) in [6.45, 7) is 0.993. The molecule has 0 aliphatic heterocycles. The van der Waals surface area contributed by atoms with Crippen LogP contribution in [0, 0.1) is 5.92 Å². The molecule has 6 heteroatoms. The van der Waals surface area contributed by atoms with Gasteiger partial charge in [-0.3, -0.25) is 4.68 Å². The van der Waals surface area contributed by atoms with Crippen LogP contribution in [0.15, 0.2) is 12.3 Å². The highest BCUT2D eigenvalue weighted by Crippen LogP contribution is 2.33. The van der Waals surface area contributed by atoms with Gasteiger partial charge in [0.25, 0.3) is 0 Å². The monoisotopic (exact) mass is 233 g/mol. The standard InChI is InChI=1S/C10H14F3N3/c1-7(8-2-3-8)14-9-4-5-16(15-9)6-10(11,12)13/h4-5,7-8H,2-3,6H2,1H3,(H,14,15). The van der Waals surface area contributed by atoms with Crippen molar-refractivity contribution in [3.8, 4) is 0 Å². The number of rotatable bonds is 4. The zero-order valence-electron chi connectivity index (χ0n) is 8.96. The predicted molar refractivity (Wildman–Crippen MR) is 54.1 cm³/mol. The normalized spacial score (nSPS) is 18.5. The Hall–Kier alpha value is -1.20. The van der Waals surface area contributed by atoms with Crippen LogP contribution in [0.5, 0.6) is 0 Å². The Kier molecular flexibility index (Phi) is 2.82. The zero-order valence-corrected chi connectivity index (χ0v) is 8.96. The first kappa shape index (κ1) is 11.3. The molecule has 0 bridgehead atoms. The maximum atomic E-state index is 12.1. The molecule has 1 heterocycles. The molecule has 2 rings (SSSR count). The van der Waals surface area contributed by atoms with Gasteiger partial charge < -0.3 is 5.32 Å². The highest BCUT2D eigenvalue weighted by molar-refractivity contribution is 5.33. The van der Waals surface area contributed by atoms with Crippen LogP contribution in [-0.4, -0.2) is 22.0 Å². The van der Waals surface area contributed by atoms with E-state index in [0.717, 1.165) is 4.68 Å². The molecule has 0 radical (unpaired) electrons. The number of aromatic nitrogens is 2. The molecular formula is C10H14F3N3. The molecule has 3 nitrogen and oxygen atoms in total. The zero-order chi connectivity index (χ0) is 11.8. The molecule has 0 aromatic carbocycles. The van der Waals surface area contributed by atoms with Crippen molar-refractivity contribution in [1.82, 2.24) is 9.78 Å². The molecule has 1 aromatic heterocycles. The van der Waals surface area contributed by atoms with E-state index in [1.807, 2.05) is 6.92 Å². The Bertz CT molecular complexity index is 354. The first-order valence-corrected chi connectivity index (χ1v) is 5.31. The summed E-state index contributed by atoms with van der Waals surface area (Å²) in [4.78, 5) is 0. The Labute approximate surface area is 91.6 Å². The van der Waals surface area contributed by atoms with Crippen LogP contribution in [-0.2, 0) is 6.54 Å². The number of hydrogen-bond donors (Lipinski definition) is 1. The van der Waals surface area contributed by atoms with Crippen LogP contribution in [0.3, 0.4) is 0 Å². The molecule has 1 N–H and O–H groups in total. The van der Waals surface area contributed by atoms with Gasteiger partial charge in [-0.2, -0.15) is 18.3 Å². The highest BCUT2D eigenvalue weighted by atomic mass is 19.4. The van der Waals surface area contributed by atoms with Gasteiger partial charge in [-0.25, -0.2) is 0 Å². The summed E-state index contributed by atoms with van der Waals surface area (Å²) in [7, 11) is 0. The quantitative estimate of drug-likeness (QED) is 0.866. The molecule has 0 spiro atoms. The van der Waals surface area contributed by atoms with E-state index in [4.69, 9.17) is 0 Å². The Morgan fingerprint density at radius 2 is 2.25 bits per heavy atom. The molecule has 0 saturated heterocycles. The van der Waals surface area contributed by atoms with Crippen molar-refractivity contribution in [3.63, 3.8) is 0 Å². The van der Waals surface area contributed by atoms with Crippen molar-refractivity contribution in [3.05, 3.63) is 12.3 Å². The lowest BCUT2D eigenvalue weighted by atomic mass is 10.2. The van der Waals surface area contributed by atoms with Crippen molar-refractivity contribution < 1.29 is 13.2 Å². The molecule has 1 aromatic rings. The van der Waals surface area contributed by atoms with Crippen LogP contribution in [0.2, 0.25) is 0 Å². The fraction of sp³-hybridized carbons (Fsp3) is 0.700. The largest absolute Gasteiger partial charge is 0.408 e. The van der Waals surface area contributed by atoms with Gasteiger partial charge >= 0.3 is 6.18 Å². The minimum Gasteiger partial charge on any atom is -0.366 e. The van der Waals surface area contributed by atoms with Crippen LogP contribution in [0.4, 0.5) is 19.0 Å². The highest BCUT2D eigenvalue weighted by Gasteiger charge is 2.30. The maximum Gasteiger partial charge on any atom is 0.408 e. The van der Waals surface area contributed by atoms with Crippen molar-refractivity contribution >= 4 is 5.82 Å². The lowest BCUT2D eigenvalue weighted by Crippen LogP contribution is -2.20. The molecule has 90 valence electrons. The molecule has 1 fully saturated rings. The van der Waals surface area contributed by atoms with Crippen LogP contribution >= 0.6 is 0 Å². The van der Waals surface area contributed by atoms with Gasteiger partial charge in [0.05, 0.1) is 0 Å². The second kappa shape index (κ2) is 3.99. The fourth-order valence-corrected chi connectivity index (χ4v) is 1.66. The van der Waals surface area contributed by atoms with Gasteiger partial charge in [0.2, 0.25) is 0 Å². The van der Waals surface area contributed by atoms with Gasteiger partial charge in [0.1, 0.15) is 12.4 Å². The van der Waals surface area contributed by atoms with Crippen LogP contribution < -0.4 is 5.32 Å². The van der Waals surface area contributed by atoms with E-state index >= 15 is 0 Å². The third-order valence-electron chi connectivity index (χ3n) is 2.69. The number of halogens is 3. The molecule has 0 amide bonds. The predicted octanol–water partition coefficient (Wildman–Crippen LogP) is 2.66. The van der Waals surface area contributed by atoms with Crippen molar-refractivity contribution in [2.45, 2.75) is 38.5 Å². The molecular weight excluding hydrogens is 219 g/mol. The molecule has 1 unspecified atom stereocenters. The van der Waals surface area contributed by atoms with Crippen LogP contribution in [0.1, 0.15) is 19.8 Å². The molecule has 1 aliphatic carbocycles. The Balaban J connectivity index is 1.91. The summed E-state index contributed by atoms with van der Waals surface area (Å²) in [6.07, 6.45) is -0.490. The summed E-state index contributed by atoms with van der Waals surface area (Å²) >= 11 is 0. The Morgan fingerprint density at radius 3 is 2.81 bits per heavy atom. The minimum atomic E-state index is -4.22. The van der Waals surface area contributed by atoms with E-state index in [-0.39, 0.29) is 6.04 Å². The van der Waals surface area contributed by atoms with Crippen molar-refractivity contribution in [1.29, 1.82) is 0 Å². The first-order valence-electron chi connectivity index (χ1n) is 5.31. The van der Waals surface area contributed by atoms with Gasteiger partial charge in [0, 0.05) is 18.3 Å². The lowest BCUT2D eigenvalue weighted by molar-refractivity contribution is -0.142. The summed E-state index contributed by atoms with van der Waals surface area (Å²) < 4.78 is 37.1. The molecule has 1 aliphatic rings. The second-order valence-electron chi connectivity index (χ2n) is 4.28. The summed E-state index contributed by atoms with van der Waals surface area (Å²) in [5.41, 5.74) is 0. The van der Waals surface area contributed by atoms with Gasteiger partial charge in [-0.05, 0) is 25.7 Å². The van der Waals surface area contributed by atoms with E-state index in [9.17, 15) is 13.2 Å². The first-order chi connectivity index (χ1) is 7.44. The SMILES string of the molecule is CC(Nc1ccn(CC(F)(F)F)n1)C1CC1. The number of nitrogens with one attached hydrogen (secondary N) is 1. The second-order valence-corrected chi connectivity index (χ2v) is 4.28. The molecule has 16 heavy (non-hydrogen) atoms. The minimum absolute atomic E-state index is 0.286. The van der Waals surface area contributed by atoms with Crippen molar-refractivity contribution in [2.75, 3.05) is 5.32 Å². The Morgan fingerprint density at radius 1 is 1.56 bits per heavy atom. The maximum absolute atomic E-state index is 12.1. The van der Waals surface area contributed by atoms with Crippen LogP contribution in [0.25, 0.3) is 0 Å². The smallest absolute Gasteiger partial charge is 0.366 e. The third kappa shape index (κ3) is 3.15. The van der Waals surface area contributed by atoms with E-state index in [1.165, 1.54) is 19.0 Å². The van der Waals surface area contributed by atoms with E-state index in [2.05, 4.69) is 10.4 Å².